The zero-order valence-corrected chi connectivity index (χ0v) is 8.42. The molecule has 2 fully saturated rings. The van der Waals surface area contributed by atoms with E-state index in [1.54, 1.807) is 0 Å². The zero-order valence-electron chi connectivity index (χ0n) is 8.42. The average molecular weight is 184 g/mol. The Hall–Kier alpha value is -0.570. The van der Waals surface area contributed by atoms with Crippen LogP contribution in [0.4, 0.5) is 0 Å². The molecule has 0 amide bonds. The predicted octanol–water partition coefficient (Wildman–Crippen LogP) is 1.51. The van der Waals surface area contributed by atoms with E-state index in [4.69, 9.17) is 9.47 Å². The van der Waals surface area contributed by atoms with Crippen LogP contribution in [0.1, 0.15) is 33.1 Å². The van der Waals surface area contributed by atoms with E-state index in [1.165, 1.54) is 7.11 Å². The molecule has 0 aromatic heterocycles. The fourth-order valence-electron chi connectivity index (χ4n) is 2.72. The average Bonchev–Trinajstić information content (AvgIpc) is 2.74. The molecule has 1 spiro atoms. The van der Waals surface area contributed by atoms with Gasteiger partial charge in [-0.1, -0.05) is 13.8 Å². The third-order valence-corrected chi connectivity index (χ3v) is 3.43. The number of carbonyl (C=O) groups is 1. The van der Waals surface area contributed by atoms with E-state index in [-0.39, 0.29) is 11.6 Å². The van der Waals surface area contributed by atoms with Crippen molar-refractivity contribution in [1.82, 2.24) is 0 Å². The molecule has 0 N–H and O–H groups in total. The van der Waals surface area contributed by atoms with Crippen LogP contribution in [0.15, 0.2) is 0 Å². The first-order chi connectivity index (χ1) is 6.10. The maximum absolute atomic E-state index is 11.5. The van der Waals surface area contributed by atoms with Crippen LogP contribution in [0.25, 0.3) is 0 Å². The molecule has 1 saturated carbocycles. The van der Waals surface area contributed by atoms with Gasteiger partial charge in [0.15, 0.2) is 5.60 Å². The van der Waals surface area contributed by atoms with Crippen LogP contribution < -0.4 is 0 Å². The number of hydrogen-bond acceptors (Lipinski definition) is 3. The fraction of sp³-hybridized carbons (Fsp3) is 0.900. The summed E-state index contributed by atoms with van der Waals surface area (Å²) in [4.78, 5) is 11.5. The predicted molar refractivity (Wildman–Crippen MR) is 47.3 cm³/mol. The lowest BCUT2D eigenvalue weighted by atomic mass is 9.68. The van der Waals surface area contributed by atoms with Crippen molar-refractivity contribution in [2.45, 2.75) is 44.3 Å². The SMILES string of the molecule is CCC1(C(=O)OC)OC12CC(C)C2. The Kier molecular flexibility index (Phi) is 1.71. The van der Waals surface area contributed by atoms with Crippen molar-refractivity contribution in [3.63, 3.8) is 0 Å². The van der Waals surface area contributed by atoms with Crippen LogP contribution in [0, 0.1) is 5.92 Å². The number of esters is 1. The quantitative estimate of drug-likeness (QED) is 0.482. The molecule has 74 valence electrons. The highest BCUT2D eigenvalue weighted by Gasteiger charge is 2.77. The Morgan fingerprint density at radius 1 is 1.62 bits per heavy atom. The summed E-state index contributed by atoms with van der Waals surface area (Å²) >= 11 is 0. The van der Waals surface area contributed by atoms with Crippen LogP contribution in [0.2, 0.25) is 0 Å². The van der Waals surface area contributed by atoms with E-state index in [9.17, 15) is 4.79 Å². The van der Waals surface area contributed by atoms with Gasteiger partial charge in [0.25, 0.3) is 0 Å². The van der Waals surface area contributed by atoms with Gasteiger partial charge in [0, 0.05) is 0 Å². The molecule has 0 radical (unpaired) electrons. The third kappa shape index (κ3) is 0.909. The van der Waals surface area contributed by atoms with E-state index >= 15 is 0 Å². The minimum absolute atomic E-state index is 0.145. The van der Waals surface area contributed by atoms with Crippen molar-refractivity contribution in [3.8, 4) is 0 Å². The van der Waals surface area contributed by atoms with Gasteiger partial charge in [-0.2, -0.15) is 0 Å². The summed E-state index contributed by atoms with van der Waals surface area (Å²) in [5.74, 6) is 0.500. The molecule has 1 aliphatic heterocycles. The molecule has 0 aromatic carbocycles. The van der Waals surface area contributed by atoms with Crippen molar-refractivity contribution in [3.05, 3.63) is 0 Å². The standard InChI is InChI=1S/C10H16O3/c1-4-10(8(11)12-3)9(13-10)5-7(2)6-9/h7H,4-6H2,1-3H3. The van der Waals surface area contributed by atoms with E-state index in [1.807, 2.05) is 6.92 Å². The Balaban J connectivity index is 2.10. The monoisotopic (exact) mass is 184 g/mol. The molecule has 2 aliphatic rings. The topological polar surface area (TPSA) is 38.8 Å². The fourth-order valence-corrected chi connectivity index (χ4v) is 2.72. The number of methoxy groups -OCH3 is 1. The van der Waals surface area contributed by atoms with Crippen LogP contribution in [0.5, 0.6) is 0 Å². The van der Waals surface area contributed by atoms with Gasteiger partial charge in [0.2, 0.25) is 0 Å². The maximum atomic E-state index is 11.5. The van der Waals surface area contributed by atoms with Gasteiger partial charge >= 0.3 is 5.97 Å². The summed E-state index contributed by atoms with van der Waals surface area (Å²) in [5, 5.41) is 0. The summed E-state index contributed by atoms with van der Waals surface area (Å²) in [5.41, 5.74) is -0.734. The van der Waals surface area contributed by atoms with Gasteiger partial charge in [0.05, 0.1) is 7.11 Å². The highest BCUT2D eigenvalue weighted by atomic mass is 16.7. The Morgan fingerprint density at radius 2 is 2.23 bits per heavy atom. The normalized spacial score (nSPS) is 47.2. The molecule has 2 rings (SSSR count). The summed E-state index contributed by atoms with van der Waals surface area (Å²) in [7, 11) is 1.43. The molecule has 1 atom stereocenters. The largest absolute Gasteiger partial charge is 0.467 e. The second-order valence-corrected chi connectivity index (χ2v) is 4.28. The van der Waals surface area contributed by atoms with Gasteiger partial charge in [-0.3, -0.25) is 0 Å². The third-order valence-electron chi connectivity index (χ3n) is 3.43. The molecule has 0 bridgehead atoms. The molecule has 1 saturated heterocycles. The Labute approximate surface area is 78.4 Å². The number of ether oxygens (including phenoxy) is 2. The van der Waals surface area contributed by atoms with Gasteiger partial charge in [-0.05, 0) is 25.2 Å². The van der Waals surface area contributed by atoms with Crippen LogP contribution >= 0.6 is 0 Å². The molecule has 1 aliphatic carbocycles. The minimum Gasteiger partial charge on any atom is -0.467 e. The van der Waals surface area contributed by atoms with Crippen LogP contribution in [0.3, 0.4) is 0 Å². The van der Waals surface area contributed by atoms with Crippen molar-refractivity contribution in [2.24, 2.45) is 5.92 Å². The Bertz CT molecular complexity index is 243. The van der Waals surface area contributed by atoms with Gasteiger partial charge in [-0.25, -0.2) is 4.79 Å². The van der Waals surface area contributed by atoms with Crippen molar-refractivity contribution in [1.29, 1.82) is 0 Å². The maximum Gasteiger partial charge on any atom is 0.341 e. The van der Waals surface area contributed by atoms with Crippen molar-refractivity contribution >= 4 is 5.97 Å². The lowest BCUT2D eigenvalue weighted by Crippen LogP contribution is -2.42. The molecular formula is C10H16O3. The Morgan fingerprint density at radius 3 is 2.62 bits per heavy atom. The smallest absolute Gasteiger partial charge is 0.341 e. The molecule has 3 nitrogen and oxygen atoms in total. The highest BCUT2D eigenvalue weighted by Crippen LogP contribution is 2.64. The van der Waals surface area contributed by atoms with E-state index < -0.39 is 5.60 Å². The second kappa shape index (κ2) is 2.47. The first-order valence-corrected chi connectivity index (χ1v) is 4.89. The van der Waals surface area contributed by atoms with E-state index in [0.29, 0.717) is 5.92 Å². The van der Waals surface area contributed by atoms with Gasteiger partial charge < -0.3 is 9.47 Å². The van der Waals surface area contributed by atoms with Crippen LogP contribution in [-0.2, 0) is 14.3 Å². The zero-order chi connectivity index (χ0) is 9.69. The number of carbonyl (C=O) groups excluding carboxylic acids is 1. The van der Waals surface area contributed by atoms with Crippen molar-refractivity contribution < 1.29 is 14.3 Å². The molecule has 1 heterocycles. The van der Waals surface area contributed by atoms with Crippen molar-refractivity contribution in [2.75, 3.05) is 7.11 Å². The highest BCUT2D eigenvalue weighted by molar-refractivity contribution is 5.85. The van der Waals surface area contributed by atoms with Crippen LogP contribution in [-0.4, -0.2) is 24.3 Å². The first-order valence-electron chi connectivity index (χ1n) is 4.89. The van der Waals surface area contributed by atoms with Gasteiger partial charge in [0.1, 0.15) is 5.60 Å². The van der Waals surface area contributed by atoms with Gasteiger partial charge in [-0.15, -0.1) is 0 Å². The molecule has 3 heteroatoms. The molecular weight excluding hydrogens is 168 g/mol. The molecule has 1 unspecified atom stereocenters. The molecule has 0 aromatic rings. The summed E-state index contributed by atoms with van der Waals surface area (Å²) in [6.45, 7) is 4.17. The second-order valence-electron chi connectivity index (χ2n) is 4.28. The summed E-state index contributed by atoms with van der Waals surface area (Å²) < 4.78 is 10.4. The lowest BCUT2D eigenvalue weighted by Gasteiger charge is -2.32. The first kappa shape index (κ1) is 9.00. The number of hydrogen-bond donors (Lipinski definition) is 0. The number of rotatable bonds is 2. The molecule has 13 heavy (non-hydrogen) atoms. The lowest BCUT2D eigenvalue weighted by molar-refractivity contribution is -0.147. The van der Waals surface area contributed by atoms with E-state index in [0.717, 1.165) is 19.3 Å². The number of epoxide rings is 1. The summed E-state index contributed by atoms with van der Waals surface area (Å²) in [6, 6.07) is 0. The minimum atomic E-state index is -0.589. The summed E-state index contributed by atoms with van der Waals surface area (Å²) in [6.07, 6.45) is 2.75. The van der Waals surface area contributed by atoms with E-state index in [2.05, 4.69) is 6.92 Å².